The largest absolute Gasteiger partial charge is 0.276 e. The highest BCUT2D eigenvalue weighted by atomic mass is 35.5. The van der Waals surface area contributed by atoms with Gasteiger partial charge in [-0.15, -0.1) is 10.2 Å². The summed E-state index contributed by atoms with van der Waals surface area (Å²) < 4.78 is 0. The second-order valence-corrected chi connectivity index (χ2v) is 2.93. The van der Waals surface area contributed by atoms with E-state index in [0.717, 1.165) is 5.56 Å². The van der Waals surface area contributed by atoms with Crippen molar-refractivity contribution in [3.63, 3.8) is 0 Å². The second kappa shape index (κ2) is 3.55. The van der Waals surface area contributed by atoms with E-state index in [1.54, 1.807) is 24.3 Å². The third-order valence-corrected chi connectivity index (χ3v) is 1.93. The van der Waals surface area contributed by atoms with Crippen molar-refractivity contribution < 1.29 is 4.79 Å². The Morgan fingerprint density at radius 3 is 2.50 bits per heavy atom. The van der Waals surface area contributed by atoms with Crippen LogP contribution in [0.3, 0.4) is 0 Å². The molecule has 0 radical (unpaired) electrons. The van der Waals surface area contributed by atoms with Gasteiger partial charge in [0.05, 0.1) is 0 Å². The quantitative estimate of drug-likeness (QED) is 0.754. The number of aromatic amines is 1. The van der Waals surface area contributed by atoms with E-state index in [2.05, 4.69) is 20.6 Å². The molecule has 0 saturated heterocycles. The molecular weight excluding hydrogens is 204 g/mol. The van der Waals surface area contributed by atoms with Crippen molar-refractivity contribution in [1.29, 1.82) is 0 Å². The summed E-state index contributed by atoms with van der Waals surface area (Å²) in [7, 11) is 0. The number of carbonyl (C=O) groups is 1. The van der Waals surface area contributed by atoms with E-state index in [1.165, 1.54) is 0 Å². The fourth-order valence-corrected chi connectivity index (χ4v) is 1.16. The summed E-state index contributed by atoms with van der Waals surface area (Å²) in [5.41, 5.74) is 1.22. The van der Waals surface area contributed by atoms with Crippen LogP contribution in [0, 0.1) is 0 Å². The molecule has 0 saturated carbocycles. The number of nitrogens with zero attached hydrogens (tertiary/aromatic N) is 3. The molecule has 0 unspecified atom stereocenters. The molecule has 6 heteroatoms. The van der Waals surface area contributed by atoms with Gasteiger partial charge in [0.1, 0.15) is 0 Å². The Morgan fingerprint density at radius 2 is 2.00 bits per heavy atom. The van der Waals surface area contributed by atoms with Gasteiger partial charge < -0.3 is 0 Å². The van der Waals surface area contributed by atoms with Crippen LogP contribution < -0.4 is 0 Å². The molecule has 0 fully saturated rings. The topological polar surface area (TPSA) is 71.5 Å². The second-order valence-electron chi connectivity index (χ2n) is 2.59. The summed E-state index contributed by atoms with van der Waals surface area (Å²) in [4.78, 5) is 10.8. The van der Waals surface area contributed by atoms with E-state index in [1.807, 2.05) is 0 Å². The SMILES string of the molecule is O=C(Cl)c1ccc(-c2nn[nH]n2)cc1. The van der Waals surface area contributed by atoms with Gasteiger partial charge in [-0.1, -0.05) is 12.1 Å². The maximum absolute atomic E-state index is 10.8. The Morgan fingerprint density at radius 1 is 1.29 bits per heavy atom. The number of hydrogen-bond donors (Lipinski definition) is 1. The zero-order chi connectivity index (χ0) is 9.97. The van der Waals surface area contributed by atoms with Crippen molar-refractivity contribution in [2.24, 2.45) is 0 Å². The average molecular weight is 209 g/mol. The summed E-state index contributed by atoms with van der Waals surface area (Å²) in [6.45, 7) is 0. The van der Waals surface area contributed by atoms with Crippen molar-refractivity contribution >= 4 is 16.8 Å². The number of aromatic nitrogens is 4. The van der Waals surface area contributed by atoms with Gasteiger partial charge in [-0.05, 0) is 28.9 Å². The van der Waals surface area contributed by atoms with Crippen LogP contribution in [0.4, 0.5) is 0 Å². The first-order valence-corrected chi connectivity index (χ1v) is 4.19. The highest BCUT2D eigenvalue weighted by Crippen LogP contribution is 2.14. The van der Waals surface area contributed by atoms with E-state index in [0.29, 0.717) is 11.4 Å². The van der Waals surface area contributed by atoms with Gasteiger partial charge in [-0.3, -0.25) is 4.79 Å². The lowest BCUT2D eigenvalue weighted by Gasteiger charge is -1.95. The molecule has 14 heavy (non-hydrogen) atoms. The molecule has 0 aliphatic rings. The van der Waals surface area contributed by atoms with Crippen molar-refractivity contribution in [1.82, 2.24) is 20.6 Å². The fraction of sp³-hybridized carbons (Fsp3) is 0. The van der Waals surface area contributed by atoms with E-state index >= 15 is 0 Å². The van der Waals surface area contributed by atoms with Gasteiger partial charge in [-0.25, -0.2) is 0 Å². The van der Waals surface area contributed by atoms with Crippen molar-refractivity contribution in [2.45, 2.75) is 0 Å². The minimum atomic E-state index is -0.482. The summed E-state index contributed by atoms with van der Waals surface area (Å²) in [5, 5.41) is 12.9. The first kappa shape index (κ1) is 8.83. The number of H-pyrrole nitrogens is 1. The predicted molar refractivity (Wildman–Crippen MR) is 49.8 cm³/mol. The summed E-state index contributed by atoms with van der Waals surface area (Å²) in [6, 6.07) is 6.64. The Hall–Kier alpha value is -1.75. The number of rotatable bonds is 2. The summed E-state index contributed by atoms with van der Waals surface area (Å²) in [6.07, 6.45) is 0. The van der Waals surface area contributed by atoms with E-state index in [4.69, 9.17) is 11.6 Å². The molecule has 1 N–H and O–H groups in total. The third-order valence-electron chi connectivity index (χ3n) is 1.72. The molecule has 70 valence electrons. The third kappa shape index (κ3) is 1.62. The fourth-order valence-electron chi connectivity index (χ4n) is 1.03. The lowest BCUT2D eigenvalue weighted by Crippen LogP contribution is -1.88. The van der Waals surface area contributed by atoms with Gasteiger partial charge in [0.25, 0.3) is 5.24 Å². The maximum atomic E-state index is 10.8. The highest BCUT2D eigenvalue weighted by molar-refractivity contribution is 6.67. The highest BCUT2D eigenvalue weighted by Gasteiger charge is 2.04. The van der Waals surface area contributed by atoms with Gasteiger partial charge >= 0.3 is 0 Å². The molecule has 0 atom stereocenters. The van der Waals surface area contributed by atoms with E-state index in [-0.39, 0.29) is 0 Å². The zero-order valence-electron chi connectivity index (χ0n) is 6.94. The Kier molecular flexibility index (Phi) is 2.24. The standard InChI is InChI=1S/C8H5ClN4O/c9-7(14)5-1-3-6(4-2-5)8-10-12-13-11-8/h1-4H,(H,10,11,12,13). The smallest absolute Gasteiger partial charge is 0.252 e. The Bertz CT molecular complexity index is 437. The molecule has 1 aromatic heterocycles. The number of halogens is 1. The van der Waals surface area contributed by atoms with Crippen LogP contribution in [-0.2, 0) is 0 Å². The molecule has 2 aromatic rings. The maximum Gasteiger partial charge on any atom is 0.252 e. The predicted octanol–water partition coefficient (Wildman–Crippen LogP) is 1.25. The van der Waals surface area contributed by atoms with Crippen molar-refractivity contribution in [3.8, 4) is 11.4 Å². The van der Waals surface area contributed by atoms with E-state index < -0.39 is 5.24 Å². The Labute approximate surface area is 84.1 Å². The molecule has 5 nitrogen and oxygen atoms in total. The number of hydrogen-bond acceptors (Lipinski definition) is 4. The number of benzene rings is 1. The molecule has 0 spiro atoms. The first-order chi connectivity index (χ1) is 6.77. The monoisotopic (exact) mass is 208 g/mol. The lowest BCUT2D eigenvalue weighted by molar-refractivity contribution is 0.108. The number of tetrazole rings is 1. The van der Waals surface area contributed by atoms with Crippen LogP contribution in [0.2, 0.25) is 0 Å². The van der Waals surface area contributed by atoms with Crippen LogP contribution in [0.25, 0.3) is 11.4 Å². The minimum absolute atomic E-state index is 0.443. The molecule has 1 heterocycles. The molecule has 0 bridgehead atoms. The zero-order valence-corrected chi connectivity index (χ0v) is 7.69. The van der Waals surface area contributed by atoms with Crippen LogP contribution in [0.1, 0.15) is 10.4 Å². The molecule has 0 amide bonds. The van der Waals surface area contributed by atoms with E-state index in [9.17, 15) is 4.79 Å². The normalized spacial score (nSPS) is 10.1. The van der Waals surface area contributed by atoms with Crippen molar-refractivity contribution in [2.75, 3.05) is 0 Å². The molecular formula is C8H5ClN4O. The minimum Gasteiger partial charge on any atom is -0.276 e. The van der Waals surface area contributed by atoms with Crippen LogP contribution in [0.15, 0.2) is 24.3 Å². The summed E-state index contributed by atoms with van der Waals surface area (Å²) >= 11 is 5.29. The molecule has 2 rings (SSSR count). The van der Waals surface area contributed by atoms with Gasteiger partial charge in [0.15, 0.2) is 0 Å². The Balaban J connectivity index is 2.36. The summed E-state index contributed by atoms with van der Waals surface area (Å²) in [5.74, 6) is 0.485. The molecule has 0 aliphatic carbocycles. The van der Waals surface area contributed by atoms with Crippen LogP contribution in [0.5, 0.6) is 0 Å². The van der Waals surface area contributed by atoms with Gasteiger partial charge in [0, 0.05) is 11.1 Å². The average Bonchev–Trinajstić information content (AvgIpc) is 2.71. The lowest BCUT2D eigenvalue weighted by atomic mass is 10.1. The van der Waals surface area contributed by atoms with Gasteiger partial charge in [0.2, 0.25) is 5.82 Å². The molecule has 0 aliphatic heterocycles. The van der Waals surface area contributed by atoms with Crippen molar-refractivity contribution in [3.05, 3.63) is 29.8 Å². The first-order valence-electron chi connectivity index (χ1n) is 3.81. The van der Waals surface area contributed by atoms with Gasteiger partial charge in [-0.2, -0.15) is 5.21 Å². The van der Waals surface area contributed by atoms with Crippen LogP contribution >= 0.6 is 11.6 Å². The molecule has 1 aromatic carbocycles. The van der Waals surface area contributed by atoms with Crippen LogP contribution in [-0.4, -0.2) is 25.9 Å². The number of carbonyl (C=O) groups excluding carboxylic acids is 1. The number of nitrogens with one attached hydrogen (secondary N) is 1.